The van der Waals surface area contributed by atoms with Crippen LogP contribution < -0.4 is 5.43 Å². The molecule has 0 saturated carbocycles. The van der Waals surface area contributed by atoms with Crippen molar-refractivity contribution in [2.45, 2.75) is 11.4 Å². The van der Waals surface area contributed by atoms with Gasteiger partial charge in [-0.25, -0.2) is 13.8 Å². The summed E-state index contributed by atoms with van der Waals surface area (Å²) in [4.78, 5) is 12.5. The minimum atomic E-state index is -3.98. The molecule has 3 aromatic carbocycles. The number of carbonyl (C=O) groups is 1. The molecule has 0 radical (unpaired) electrons. The Balaban J connectivity index is 1.80. The molecule has 0 aliphatic carbocycles. The molecule has 0 fully saturated rings. The quantitative estimate of drug-likeness (QED) is 0.388. The normalized spacial score (nSPS) is 11.7. The predicted molar refractivity (Wildman–Crippen MR) is 123 cm³/mol. The summed E-state index contributed by atoms with van der Waals surface area (Å²) in [6, 6.07) is 21.8. The van der Waals surface area contributed by atoms with Crippen molar-refractivity contribution in [1.29, 1.82) is 0 Å². The molecule has 0 aromatic heterocycles. The fourth-order valence-electron chi connectivity index (χ4n) is 2.73. The summed E-state index contributed by atoms with van der Waals surface area (Å²) in [6.07, 6.45) is 1.48. The van der Waals surface area contributed by atoms with E-state index in [0.717, 1.165) is 9.87 Å². The summed E-state index contributed by atoms with van der Waals surface area (Å²) < 4.78 is 27.5. The van der Waals surface area contributed by atoms with E-state index in [2.05, 4.69) is 10.5 Å². The van der Waals surface area contributed by atoms with Gasteiger partial charge in [0, 0.05) is 16.6 Å². The lowest BCUT2D eigenvalue weighted by atomic mass is 10.2. The maximum atomic E-state index is 13.2. The number of sulfonamides is 1. The average Bonchev–Trinajstić information content (AvgIpc) is 2.74. The number of hydrazone groups is 1. The third-order valence-electron chi connectivity index (χ3n) is 4.22. The average molecular weight is 476 g/mol. The van der Waals surface area contributed by atoms with Crippen molar-refractivity contribution < 1.29 is 13.2 Å². The Morgan fingerprint density at radius 2 is 1.65 bits per heavy atom. The summed E-state index contributed by atoms with van der Waals surface area (Å²) in [5, 5.41) is 4.78. The Labute approximate surface area is 191 Å². The summed E-state index contributed by atoms with van der Waals surface area (Å²) >= 11 is 11.9. The van der Waals surface area contributed by atoms with Crippen LogP contribution in [0.3, 0.4) is 0 Å². The second kappa shape index (κ2) is 10.5. The van der Waals surface area contributed by atoms with Crippen LogP contribution in [0.2, 0.25) is 10.0 Å². The smallest absolute Gasteiger partial charge is 0.255 e. The molecule has 0 atom stereocenters. The van der Waals surface area contributed by atoms with Crippen LogP contribution in [-0.4, -0.2) is 31.4 Å². The van der Waals surface area contributed by atoms with E-state index >= 15 is 0 Å². The topological polar surface area (TPSA) is 78.8 Å². The molecule has 0 aliphatic heterocycles. The van der Waals surface area contributed by atoms with Gasteiger partial charge < -0.3 is 0 Å². The van der Waals surface area contributed by atoms with Crippen LogP contribution >= 0.6 is 23.2 Å². The first kappa shape index (κ1) is 23.0. The fraction of sp³-hybridized carbons (Fsp3) is 0.0909. The van der Waals surface area contributed by atoms with Crippen molar-refractivity contribution in [2.24, 2.45) is 5.10 Å². The number of rotatable bonds is 8. The van der Waals surface area contributed by atoms with Crippen LogP contribution in [0.25, 0.3) is 0 Å². The van der Waals surface area contributed by atoms with Gasteiger partial charge in [-0.05, 0) is 47.5 Å². The van der Waals surface area contributed by atoms with Crippen LogP contribution in [0, 0.1) is 0 Å². The van der Waals surface area contributed by atoms with Gasteiger partial charge in [0.15, 0.2) is 0 Å². The Bertz CT molecular complexity index is 1170. The van der Waals surface area contributed by atoms with Crippen LogP contribution in [-0.2, 0) is 21.4 Å². The van der Waals surface area contributed by atoms with Gasteiger partial charge in [-0.1, -0.05) is 65.7 Å². The third kappa shape index (κ3) is 6.63. The first-order valence-corrected chi connectivity index (χ1v) is 11.4. The van der Waals surface area contributed by atoms with Gasteiger partial charge in [-0.2, -0.15) is 9.41 Å². The number of amides is 1. The van der Waals surface area contributed by atoms with Crippen molar-refractivity contribution in [3.63, 3.8) is 0 Å². The van der Waals surface area contributed by atoms with Crippen LogP contribution in [0.5, 0.6) is 0 Å². The third-order valence-corrected chi connectivity index (χ3v) is 6.51. The van der Waals surface area contributed by atoms with Gasteiger partial charge in [-0.15, -0.1) is 0 Å². The Kier molecular flexibility index (Phi) is 7.81. The highest BCUT2D eigenvalue weighted by molar-refractivity contribution is 7.89. The maximum Gasteiger partial charge on any atom is 0.255 e. The van der Waals surface area contributed by atoms with Gasteiger partial charge in [-0.3, -0.25) is 4.79 Å². The zero-order chi connectivity index (χ0) is 22.3. The second-order valence-corrected chi connectivity index (χ2v) is 9.37. The van der Waals surface area contributed by atoms with E-state index in [1.807, 2.05) is 30.3 Å². The van der Waals surface area contributed by atoms with Crippen molar-refractivity contribution in [3.05, 3.63) is 100 Å². The molecule has 0 bridgehead atoms. The van der Waals surface area contributed by atoms with E-state index < -0.39 is 22.5 Å². The molecule has 0 spiro atoms. The molecular weight excluding hydrogens is 457 g/mol. The highest BCUT2D eigenvalue weighted by Gasteiger charge is 2.27. The molecule has 6 nitrogen and oxygen atoms in total. The molecular formula is C22H19Cl2N3O3S. The van der Waals surface area contributed by atoms with E-state index in [0.29, 0.717) is 15.6 Å². The minimum absolute atomic E-state index is 0.0273. The molecule has 0 unspecified atom stereocenters. The number of hydrogen-bond donors (Lipinski definition) is 1. The van der Waals surface area contributed by atoms with Crippen molar-refractivity contribution in [3.8, 4) is 0 Å². The summed E-state index contributed by atoms with van der Waals surface area (Å²) in [5.41, 5.74) is 3.81. The standard InChI is InChI=1S/C22H19Cl2N3O3S/c23-19-9-11-21(12-10-19)31(29,30)27(15-18-7-4-8-20(24)13-18)16-22(28)26-25-14-17-5-2-1-3-6-17/h1-14H,15-16H2,(H,26,28)/b25-14-. The Hall–Kier alpha value is -2.71. The van der Waals surface area contributed by atoms with Crippen LogP contribution in [0.15, 0.2) is 88.9 Å². The Morgan fingerprint density at radius 1 is 0.935 bits per heavy atom. The van der Waals surface area contributed by atoms with Gasteiger partial charge in [0.25, 0.3) is 5.91 Å². The number of benzene rings is 3. The molecule has 1 amide bonds. The van der Waals surface area contributed by atoms with E-state index in [1.54, 1.807) is 24.3 Å². The van der Waals surface area contributed by atoms with E-state index in [1.165, 1.54) is 30.5 Å². The molecule has 160 valence electrons. The first-order chi connectivity index (χ1) is 14.8. The lowest BCUT2D eigenvalue weighted by Crippen LogP contribution is -2.39. The first-order valence-electron chi connectivity index (χ1n) is 9.22. The summed E-state index contributed by atoms with van der Waals surface area (Å²) in [5.74, 6) is -0.577. The molecule has 0 saturated heterocycles. The zero-order valence-electron chi connectivity index (χ0n) is 16.3. The molecule has 1 N–H and O–H groups in total. The van der Waals surface area contributed by atoms with Crippen molar-refractivity contribution >= 4 is 45.3 Å². The summed E-state index contributed by atoms with van der Waals surface area (Å²) in [7, 11) is -3.98. The fourth-order valence-corrected chi connectivity index (χ4v) is 4.46. The maximum absolute atomic E-state index is 13.2. The summed E-state index contributed by atoms with van der Waals surface area (Å²) in [6.45, 7) is -0.467. The molecule has 3 aromatic rings. The number of hydrogen-bond acceptors (Lipinski definition) is 4. The lowest BCUT2D eigenvalue weighted by molar-refractivity contribution is -0.121. The van der Waals surface area contributed by atoms with Gasteiger partial charge in [0.2, 0.25) is 10.0 Å². The van der Waals surface area contributed by atoms with Crippen LogP contribution in [0.4, 0.5) is 0 Å². The van der Waals surface area contributed by atoms with Gasteiger partial charge >= 0.3 is 0 Å². The molecule has 3 rings (SSSR count). The second-order valence-electron chi connectivity index (χ2n) is 6.56. The van der Waals surface area contributed by atoms with E-state index in [9.17, 15) is 13.2 Å². The SMILES string of the molecule is O=C(CN(Cc1cccc(Cl)c1)S(=O)(=O)c1ccc(Cl)cc1)N/N=C\c1ccccc1. The van der Waals surface area contributed by atoms with Gasteiger partial charge in [0.1, 0.15) is 0 Å². The predicted octanol–water partition coefficient (Wildman–Crippen LogP) is 4.33. The Morgan fingerprint density at radius 3 is 2.32 bits per heavy atom. The van der Waals surface area contributed by atoms with Crippen molar-refractivity contribution in [2.75, 3.05) is 6.54 Å². The monoisotopic (exact) mass is 475 g/mol. The molecule has 0 aliphatic rings. The van der Waals surface area contributed by atoms with E-state index in [4.69, 9.17) is 23.2 Å². The molecule has 0 heterocycles. The molecule has 9 heteroatoms. The zero-order valence-corrected chi connectivity index (χ0v) is 18.6. The number of carbonyl (C=O) groups excluding carboxylic acids is 1. The number of halogens is 2. The molecule has 31 heavy (non-hydrogen) atoms. The number of nitrogens with one attached hydrogen (secondary N) is 1. The van der Waals surface area contributed by atoms with Gasteiger partial charge in [0.05, 0.1) is 17.7 Å². The highest BCUT2D eigenvalue weighted by atomic mass is 35.5. The number of nitrogens with zero attached hydrogens (tertiary/aromatic N) is 2. The lowest BCUT2D eigenvalue weighted by Gasteiger charge is -2.21. The van der Waals surface area contributed by atoms with Crippen LogP contribution in [0.1, 0.15) is 11.1 Å². The van der Waals surface area contributed by atoms with E-state index in [-0.39, 0.29) is 11.4 Å². The largest absolute Gasteiger partial charge is 0.272 e. The highest BCUT2D eigenvalue weighted by Crippen LogP contribution is 2.21. The minimum Gasteiger partial charge on any atom is -0.272 e. The van der Waals surface area contributed by atoms with Crippen molar-refractivity contribution in [1.82, 2.24) is 9.73 Å².